The number of nitrogens with zero attached hydrogens (tertiary/aromatic N) is 2. The van der Waals surface area contributed by atoms with Gasteiger partial charge in [-0.25, -0.2) is 0 Å². The summed E-state index contributed by atoms with van der Waals surface area (Å²) in [5.41, 5.74) is 2.37. The molecule has 26 heavy (non-hydrogen) atoms. The lowest BCUT2D eigenvalue weighted by molar-refractivity contribution is -0.131. The predicted molar refractivity (Wildman–Crippen MR) is 105 cm³/mol. The number of rotatable bonds is 5. The minimum atomic E-state index is 0.175. The third kappa shape index (κ3) is 3.60. The second kappa shape index (κ2) is 7.72. The summed E-state index contributed by atoms with van der Waals surface area (Å²) in [6.07, 6.45) is 2.86. The summed E-state index contributed by atoms with van der Waals surface area (Å²) in [4.78, 5) is 19.2. The minimum absolute atomic E-state index is 0.175. The highest BCUT2D eigenvalue weighted by Crippen LogP contribution is 2.47. The fourth-order valence-electron chi connectivity index (χ4n) is 3.62. The van der Waals surface area contributed by atoms with Crippen molar-refractivity contribution in [2.45, 2.75) is 35.2 Å². The van der Waals surface area contributed by atoms with Crippen molar-refractivity contribution in [3.05, 3.63) is 48.5 Å². The van der Waals surface area contributed by atoms with Gasteiger partial charge in [0.15, 0.2) is 0 Å². The lowest BCUT2D eigenvalue weighted by atomic mass is 10.2. The lowest BCUT2D eigenvalue weighted by Crippen LogP contribution is -2.36. The number of para-hydroxylation sites is 2. The normalized spacial score (nSPS) is 18.3. The van der Waals surface area contributed by atoms with Crippen molar-refractivity contribution >= 4 is 29.0 Å². The van der Waals surface area contributed by atoms with Gasteiger partial charge in [-0.2, -0.15) is 0 Å². The molecule has 2 aliphatic rings. The maximum Gasteiger partial charge on any atom is 0.224 e. The molecular formula is C21H24N2O2S. The van der Waals surface area contributed by atoms with E-state index < -0.39 is 0 Å². The molecule has 2 aliphatic heterocycles. The standard InChI is InChI=1S/C21H24N2O2S/c1-22(15-16-7-6-14-25-16)21(24)12-13-23-17-8-2-4-10-19(17)26-20-11-5-3-9-18(20)23/h2-5,8-11,16H,6-7,12-15H2,1H3. The van der Waals surface area contributed by atoms with Gasteiger partial charge in [0, 0.05) is 43.0 Å². The molecule has 4 nitrogen and oxygen atoms in total. The fourth-order valence-corrected chi connectivity index (χ4v) is 4.71. The molecule has 2 aromatic carbocycles. The Balaban J connectivity index is 1.46. The summed E-state index contributed by atoms with van der Waals surface area (Å²) in [7, 11) is 1.89. The van der Waals surface area contributed by atoms with Gasteiger partial charge in [0.1, 0.15) is 0 Å². The Labute approximate surface area is 159 Å². The number of ether oxygens (including phenoxy) is 1. The number of amides is 1. The molecule has 2 heterocycles. The Kier molecular flexibility index (Phi) is 5.18. The maximum absolute atomic E-state index is 12.6. The van der Waals surface area contributed by atoms with E-state index in [2.05, 4.69) is 53.4 Å². The Morgan fingerprint density at radius 1 is 1.15 bits per heavy atom. The number of fused-ring (bicyclic) bond motifs is 2. The summed E-state index contributed by atoms with van der Waals surface area (Å²) < 4.78 is 5.65. The fraction of sp³-hybridized carbons (Fsp3) is 0.381. The molecule has 1 atom stereocenters. The molecule has 0 N–H and O–H groups in total. The molecule has 136 valence electrons. The van der Waals surface area contributed by atoms with E-state index in [0.717, 1.165) is 19.4 Å². The number of hydrogen-bond acceptors (Lipinski definition) is 4. The second-order valence-electron chi connectivity index (χ2n) is 6.85. The maximum atomic E-state index is 12.6. The molecule has 1 fully saturated rings. The molecule has 1 saturated heterocycles. The average Bonchev–Trinajstić information content (AvgIpc) is 3.17. The quantitative estimate of drug-likeness (QED) is 0.787. The van der Waals surface area contributed by atoms with Gasteiger partial charge in [0.05, 0.1) is 17.5 Å². The number of carbonyl (C=O) groups excluding carboxylic acids is 1. The molecule has 4 rings (SSSR count). The highest BCUT2D eigenvalue weighted by Gasteiger charge is 2.24. The zero-order valence-electron chi connectivity index (χ0n) is 15.1. The van der Waals surface area contributed by atoms with E-state index in [-0.39, 0.29) is 12.0 Å². The molecule has 1 amide bonds. The Morgan fingerprint density at radius 2 is 1.81 bits per heavy atom. The zero-order valence-corrected chi connectivity index (χ0v) is 15.9. The van der Waals surface area contributed by atoms with Gasteiger partial charge >= 0.3 is 0 Å². The van der Waals surface area contributed by atoms with Crippen LogP contribution in [0.2, 0.25) is 0 Å². The van der Waals surface area contributed by atoms with Gasteiger partial charge in [-0.05, 0) is 37.1 Å². The predicted octanol–water partition coefficient (Wildman–Crippen LogP) is 4.32. The summed E-state index contributed by atoms with van der Waals surface area (Å²) in [5, 5.41) is 0. The van der Waals surface area contributed by atoms with E-state index in [1.165, 1.54) is 21.2 Å². The summed E-state index contributed by atoms with van der Waals surface area (Å²) in [5.74, 6) is 0.175. The summed E-state index contributed by atoms with van der Waals surface area (Å²) in [6.45, 7) is 2.21. The van der Waals surface area contributed by atoms with Crippen LogP contribution in [-0.2, 0) is 9.53 Å². The van der Waals surface area contributed by atoms with Crippen LogP contribution >= 0.6 is 11.8 Å². The van der Waals surface area contributed by atoms with Crippen molar-refractivity contribution in [2.24, 2.45) is 0 Å². The first-order valence-electron chi connectivity index (χ1n) is 9.21. The van der Waals surface area contributed by atoms with Crippen LogP contribution in [0.5, 0.6) is 0 Å². The van der Waals surface area contributed by atoms with Gasteiger partial charge in [0.2, 0.25) is 5.91 Å². The topological polar surface area (TPSA) is 32.8 Å². The van der Waals surface area contributed by atoms with Crippen LogP contribution in [0.3, 0.4) is 0 Å². The van der Waals surface area contributed by atoms with E-state index in [9.17, 15) is 4.79 Å². The number of likely N-dealkylation sites (N-methyl/N-ethyl adjacent to an activating group) is 1. The molecular weight excluding hydrogens is 344 g/mol. The number of hydrogen-bond donors (Lipinski definition) is 0. The first kappa shape index (κ1) is 17.4. The molecule has 5 heteroatoms. The molecule has 0 radical (unpaired) electrons. The molecule has 0 aromatic heterocycles. The smallest absolute Gasteiger partial charge is 0.224 e. The van der Waals surface area contributed by atoms with Crippen molar-refractivity contribution in [3.63, 3.8) is 0 Å². The lowest BCUT2D eigenvalue weighted by Gasteiger charge is -2.33. The van der Waals surface area contributed by atoms with Crippen molar-refractivity contribution in [3.8, 4) is 0 Å². The van der Waals surface area contributed by atoms with Crippen molar-refractivity contribution < 1.29 is 9.53 Å². The SMILES string of the molecule is CN(CC1CCCO1)C(=O)CCN1c2ccccc2Sc2ccccc21. The van der Waals surface area contributed by atoms with Gasteiger partial charge in [-0.15, -0.1) is 0 Å². The monoisotopic (exact) mass is 368 g/mol. The molecule has 0 bridgehead atoms. The number of anilines is 2. The van der Waals surface area contributed by atoms with Crippen LogP contribution < -0.4 is 4.90 Å². The highest BCUT2D eigenvalue weighted by molar-refractivity contribution is 7.99. The Morgan fingerprint density at radius 3 is 2.42 bits per heavy atom. The van der Waals surface area contributed by atoms with Gasteiger partial charge in [-0.1, -0.05) is 36.0 Å². The highest BCUT2D eigenvalue weighted by atomic mass is 32.2. The van der Waals surface area contributed by atoms with Gasteiger partial charge in [-0.3, -0.25) is 4.79 Å². The van der Waals surface area contributed by atoms with Crippen LogP contribution in [0, 0.1) is 0 Å². The first-order valence-corrected chi connectivity index (χ1v) is 10.0. The minimum Gasteiger partial charge on any atom is -0.376 e. The van der Waals surface area contributed by atoms with Gasteiger partial charge in [0.25, 0.3) is 0 Å². The largest absolute Gasteiger partial charge is 0.376 e. The van der Waals surface area contributed by atoms with E-state index in [1.54, 1.807) is 11.8 Å². The molecule has 2 aromatic rings. The van der Waals surface area contributed by atoms with Crippen molar-refractivity contribution in [2.75, 3.05) is 31.6 Å². The Bertz CT molecular complexity index is 744. The zero-order chi connectivity index (χ0) is 17.9. The summed E-state index contributed by atoms with van der Waals surface area (Å²) >= 11 is 1.79. The molecule has 0 aliphatic carbocycles. The Hall–Kier alpha value is -1.98. The number of carbonyl (C=O) groups is 1. The molecule has 0 spiro atoms. The molecule has 1 unspecified atom stereocenters. The van der Waals surface area contributed by atoms with E-state index in [1.807, 2.05) is 11.9 Å². The summed E-state index contributed by atoms with van der Waals surface area (Å²) in [6, 6.07) is 16.8. The second-order valence-corrected chi connectivity index (χ2v) is 7.93. The van der Waals surface area contributed by atoms with Crippen LogP contribution in [-0.4, -0.2) is 43.7 Å². The van der Waals surface area contributed by atoms with Crippen molar-refractivity contribution in [1.29, 1.82) is 0 Å². The van der Waals surface area contributed by atoms with E-state index >= 15 is 0 Å². The van der Waals surface area contributed by atoms with Crippen LogP contribution in [0.25, 0.3) is 0 Å². The molecule has 0 saturated carbocycles. The van der Waals surface area contributed by atoms with E-state index in [4.69, 9.17) is 4.74 Å². The van der Waals surface area contributed by atoms with E-state index in [0.29, 0.717) is 19.5 Å². The first-order chi connectivity index (χ1) is 12.7. The van der Waals surface area contributed by atoms with Crippen LogP contribution in [0.1, 0.15) is 19.3 Å². The van der Waals surface area contributed by atoms with Crippen LogP contribution in [0.4, 0.5) is 11.4 Å². The average molecular weight is 369 g/mol. The third-order valence-corrected chi connectivity index (χ3v) is 6.14. The van der Waals surface area contributed by atoms with Gasteiger partial charge < -0.3 is 14.5 Å². The van der Waals surface area contributed by atoms with Crippen LogP contribution in [0.15, 0.2) is 58.3 Å². The number of benzene rings is 2. The van der Waals surface area contributed by atoms with Crippen molar-refractivity contribution in [1.82, 2.24) is 4.90 Å². The third-order valence-electron chi connectivity index (χ3n) is 5.01.